The summed E-state index contributed by atoms with van der Waals surface area (Å²) in [6, 6.07) is -5.95. The number of unbranched alkanes of at least 4 members (excludes halogenated alkanes) is 1. The Bertz CT molecular complexity index is 717. The molecule has 0 aromatic heterocycles. The minimum atomic E-state index is -1.61. The first kappa shape index (κ1) is 29.7. The summed E-state index contributed by atoms with van der Waals surface area (Å²) < 4.78 is 0. The molecular formula is C18H31N5O10. The Balaban J connectivity index is 5.26. The number of carboxylic acid groups (broad SMARTS) is 3. The van der Waals surface area contributed by atoms with Crippen LogP contribution in [-0.4, -0.2) is 93.4 Å². The molecule has 0 heterocycles. The van der Waals surface area contributed by atoms with Gasteiger partial charge in [0.1, 0.15) is 18.1 Å². The molecule has 0 radical (unpaired) electrons. The van der Waals surface area contributed by atoms with Crippen LogP contribution in [0, 0.1) is 0 Å². The SMILES string of the molecule is NCCCCC(NC(=O)C(CO)NC(=O)C(CCC(=O)O)NC(=O)C(N)CC(=O)O)C(=O)O. The quantitative estimate of drug-likeness (QED) is 0.0916. The van der Waals surface area contributed by atoms with Crippen LogP contribution >= 0.6 is 0 Å². The third-order valence-electron chi connectivity index (χ3n) is 4.39. The van der Waals surface area contributed by atoms with Crippen LogP contribution in [0.1, 0.15) is 38.5 Å². The van der Waals surface area contributed by atoms with Crippen LogP contribution in [0.4, 0.5) is 0 Å². The van der Waals surface area contributed by atoms with Gasteiger partial charge in [-0.2, -0.15) is 0 Å². The van der Waals surface area contributed by atoms with Crippen LogP contribution in [0.5, 0.6) is 0 Å². The first-order valence-electron chi connectivity index (χ1n) is 10.1. The van der Waals surface area contributed by atoms with Gasteiger partial charge in [0.2, 0.25) is 17.7 Å². The molecule has 3 amide bonds. The Morgan fingerprint density at radius 1 is 0.727 bits per heavy atom. The average molecular weight is 477 g/mol. The van der Waals surface area contributed by atoms with E-state index in [4.69, 9.17) is 21.7 Å². The summed E-state index contributed by atoms with van der Waals surface area (Å²) in [6.07, 6.45) is -0.753. The highest BCUT2D eigenvalue weighted by Crippen LogP contribution is 2.04. The molecule has 0 fully saturated rings. The molecule has 4 atom stereocenters. The van der Waals surface area contributed by atoms with Gasteiger partial charge in [0.15, 0.2) is 0 Å². The molecule has 0 saturated heterocycles. The maximum absolute atomic E-state index is 12.5. The van der Waals surface area contributed by atoms with Crippen molar-refractivity contribution in [2.45, 2.75) is 62.7 Å². The molecular weight excluding hydrogens is 446 g/mol. The maximum atomic E-state index is 12.5. The summed E-state index contributed by atoms with van der Waals surface area (Å²) in [7, 11) is 0. The lowest BCUT2D eigenvalue weighted by Crippen LogP contribution is -2.58. The van der Waals surface area contributed by atoms with Crippen molar-refractivity contribution in [3.05, 3.63) is 0 Å². The van der Waals surface area contributed by atoms with Crippen molar-refractivity contribution in [1.29, 1.82) is 0 Å². The standard InChI is InChI=1S/C18H31N5O10/c19-6-2-1-3-11(18(32)33)22-17(31)12(8-24)23-16(30)10(4-5-13(25)26)21-15(29)9(20)7-14(27)28/h9-12,24H,1-8,19-20H2,(H,21,29)(H,22,31)(H,23,30)(H,25,26)(H,27,28)(H,32,33). The Hall–Kier alpha value is -3.30. The van der Waals surface area contributed by atoms with Crippen molar-refractivity contribution in [3.63, 3.8) is 0 Å². The van der Waals surface area contributed by atoms with E-state index < -0.39 is 85.7 Å². The van der Waals surface area contributed by atoms with Gasteiger partial charge in [0, 0.05) is 6.42 Å². The molecule has 0 rings (SSSR count). The van der Waals surface area contributed by atoms with E-state index in [1.807, 2.05) is 0 Å². The molecule has 188 valence electrons. The van der Waals surface area contributed by atoms with Crippen LogP contribution < -0.4 is 27.4 Å². The van der Waals surface area contributed by atoms with Crippen LogP contribution in [0.15, 0.2) is 0 Å². The van der Waals surface area contributed by atoms with Gasteiger partial charge in [-0.05, 0) is 32.2 Å². The lowest BCUT2D eigenvalue weighted by atomic mass is 10.1. The zero-order valence-electron chi connectivity index (χ0n) is 17.9. The minimum Gasteiger partial charge on any atom is -0.481 e. The van der Waals surface area contributed by atoms with Crippen LogP contribution in [0.3, 0.4) is 0 Å². The molecule has 0 aliphatic rings. The predicted octanol–water partition coefficient (Wildman–Crippen LogP) is -3.69. The van der Waals surface area contributed by atoms with E-state index in [-0.39, 0.29) is 6.42 Å². The molecule has 0 saturated carbocycles. The van der Waals surface area contributed by atoms with Crippen LogP contribution in [0.25, 0.3) is 0 Å². The average Bonchev–Trinajstić information content (AvgIpc) is 2.72. The molecule has 0 aliphatic carbocycles. The molecule has 0 spiro atoms. The largest absolute Gasteiger partial charge is 0.481 e. The molecule has 0 bridgehead atoms. The fraction of sp³-hybridized carbons (Fsp3) is 0.667. The first-order valence-corrected chi connectivity index (χ1v) is 10.1. The fourth-order valence-electron chi connectivity index (χ4n) is 2.59. The van der Waals surface area contributed by atoms with Crippen molar-refractivity contribution in [1.82, 2.24) is 16.0 Å². The van der Waals surface area contributed by atoms with Crippen molar-refractivity contribution >= 4 is 35.6 Å². The van der Waals surface area contributed by atoms with Crippen molar-refractivity contribution in [2.75, 3.05) is 13.2 Å². The topological polar surface area (TPSA) is 271 Å². The normalized spacial score (nSPS) is 14.3. The number of aliphatic hydroxyl groups is 1. The molecule has 0 aromatic carbocycles. The molecule has 11 N–H and O–H groups in total. The number of carbonyl (C=O) groups excluding carboxylic acids is 3. The second kappa shape index (κ2) is 15.5. The van der Waals surface area contributed by atoms with Gasteiger partial charge in [0.05, 0.1) is 19.1 Å². The zero-order chi connectivity index (χ0) is 25.6. The van der Waals surface area contributed by atoms with Gasteiger partial charge in [0.25, 0.3) is 0 Å². The van der Waals surface area contributed by atoms with Crippen molar-refractivity contribution in [3.8, 4) is 0 Å². The number of hydrogen-bond acceptors (Lipinski definition) is 9. The number of carbonyl (C=O) groups is 6. The lowest BCUT2D eigenvalue weighted by molar-refractivity contribution is -0.142. The van der Waals surface area contributed by atoms with E-state index in [1.54, 1.807) is 0 Å². The predicted molar refractivity (Wildman–Crippen MR) is 111 cm³/mol. The molecule has 4 unspecified atom stereocenters. The van der Waals surface area contributed by atoms with Gasteiger partial charge in [-0.3, -0.25) is 24.0 Å². The second-order valence-corrected chi connectivity index (χ2v) is 7.13. The summed E-state index contributed by atoms with van der Waals surface area (Å²) in [5.74, 6) is -7.12. The third-order valence-corrected chi connectivity index (χ3v) is 4.39. The van der Waals surface area contributed by atoms with E-state index in [2.05, 4.69) is 16.0 Å². The van der Waals surface area contributed by atoms with E-state index in [0.29, 0.717) is 19.4 Å². The Labute approximate surface area is 188 Å². The number of aliphatic carboxylic acids is 3. The van der Waals surface area contributed by atoms with Crippen molar-refractivity contribution in [2.24, 2.45) is 11.5 Å². The number of aliphatic hydroxyl groups excluding tert-OH is 1. The van der Waals surface area contributed by atoms with Gasteiger partial charge < -0.3 is 47.8 Å². The smallest absolute Gasteiger partial charge is 0.326 e. The van der Waals surface area contributed by atoms with E-state index in [1.165, 1.54) is 0 Å². The Morgan fingerprint density at radius 2 is 1.27 bits per heavy atom. The Kier molecular flexibility index (Phi) is 13.9. The summed E-state index contributed by atoms with van der Waals surface area (Å²) in [5.41, 5.74) is 10.8. The maximum Gasteiger partial charge on any atom is 0.326 e. The fourth-order valence-corrected chi connectivity index (χ4v) is 2.59. The van der Waals surface area contributed by atoms with E-state index in [0.717, 1.165) is 0 Å². The van der Waals surface area contributed by atoms with Gasteiger partial charge in [-0.1, -0.05) is 0 Å². The number of carboxylic acids is 3. The highest BCUT2D eigenvalue weighted by atomic mass is 16.4. The number of hydrogen-bond donors (Lipinski definition) is 9. The number of nitrogens with one attached hydrogen (secondary N) is 3. The van der Waals surface area contributed by atoms with Gasteiger partial charge in [-0.15, -0.1) is 0 Å². The summed E-state index contributed by atoms with van der Waals surface area (Å²) in [4.78, 5) is 69.8. The summed E-state index contributed by atoms with van der Waals surface area (Å²) >= 11 is 0. The van der Waals surface area contributed by atoms with Gasteiger partial charge in [-0.25, -0.2) is 4.79 Å². The van der Waals surface area contributed by atoms with Crippen LogP contribution in [-0.2, 0) is 28.8 Å². The summed E-state index contributed by atoms with van der Waals surface area (Å²) in [5, 5.41) is 42.7. The number of amides is 3. The van der Waals surface area contributed by atoms with Gasteiger partial charge >= 0.3 is 17.9 Å². The highest BCUT2D eigenvalue weighted by Gasteiger charge is 2.30. The third kappa shape index (κ3) is 12.4. The van der Waals surface area contributed by atoms with Crippen LogP contribution in [0.2, 0.25) is 0 Å². The molecule has 33 heavy (non-hydrogen) atoms. The monoisotopic (exact) mass is 477 g/mol. The molecule has 0 aromatic rings. The van der Waals surface area contributed by atoms with Crippen molar-refractivity contribution < 1.29 is 49.2 Å². The highest BCUT2D eigenvalue weighted by molar-refractivity contribution is 5.95. The lowest BCUT2D eigenvalue weighted by Gasteiger charge is -2.24. The first-order chi connectivity index (χ1) is 15.4. The molecule has 0 aliphatic heterocycles. The summed E-state index contributed by atoms with van der Waals surface area (Å²) in [6.45, 7) is -0.597. The Morgan fingerprint density at radius 3 is 1.76 bits per heavy atom. The minimum absolute atomic E-state index is 0.0587. The zero-order valence-corrected chi connectivity index (χ0v) is 17.9. The number of nitrogens with two attached hydrogens (primary N) is 2. The molecule has 15 heteroatoms. The molecule has 15 nitrogen and oxygen atoms in total. The number of rotatable bonds is 17. The second-order valence-electron chi connectivity index (χ2n) is 7.13. The van der Waals surface area contributed by atoms with E-state index in [9.17, 15) is 39.0 Å². The van der Waals surface area contributed by atoms with E-state index >= 15 is 0 Å².